The summed E-state index contributed by atoms with van der Waals surface area (Å²) in [5.41, 5.74) is 0.820. The molecule has 0 fully saturated rings. The number of benzene rings is 2. The Labute approximate surface area is 196 Å². The van der Waals surface area contributed by atoms with Crippen molar-refractivity contribution >= 4 is 34.6 Å². The van der Waals surface area contributed by atoms with Crippen molar-refractivity contribution in [1.82, 2.24) is 5.32 Å². The van der Waals surface area contributed by atoms with Gasteiger partial charge in [-0.2, -0.15) is 0 Å². The zero-order valence-electron chi connectivity index (χ0n) is 19.1. The molecule has 0 aliphatic heterocycles. The average Bonchev–Trinajstić information content (AvgIpc) is 2.80. The Morgan fingerprint density at radius 3 is 2.41 bits per heavy atom. The maximum absolute atomic E-state index is 12.8. The molecule has 0 spiro atoms. The number of nitrogens with one attached hydrogen (secondary N) is 2. The minimum Gasteiger partial charge on any atom is -0.459 e. The topological polar surface area (TPSA) is 124 Å². The lowest BCUT2D eigenvalue weighted by Gasteiger charge is -2.21. The second kappa shape index (κ2) is 11.1. The van der Waals surface area contributed by atoms with Crippen LogP contribution in [0, 0.1) is 5.92 Å². The molecular weight excluding hydrogens is 440 g/mol. The molecule has 9 nitrogen and oxygen atoms in total. The quantitative estimate of drug-likeness (QED) is 0.382. The van der Waals surface area contributed by atoms with Crippen LogP contribution < -0.4 is 16.3 Å². The number of fused-ring (bicyclic) bond motifs is 1. The monoisotopic (exact) mass is 466 g/mol. The number of esters is 1. The molecule has 1 atom stereocenters. The van der Waals surface area contributed by atoms with E-state index in [1.807, 2.05) is 0 Å². The van der Waals surface area contributed by atoms with Gasteiger partial charge in [-0.3, -0.25) is 10.1 Å². The van der Waals surface area contributed by atoms with E-state index >= 15 is 0 Å². The molecule has 1 heterocycles. The molecule has 0 bridgehead atoms. The Balaban J connectivity index is 1.74. The molecule has 9 heteroatoms. The molecule has 3 rings (SSSR count). The van der Waals surface area contributed by atoms with E-state index in [2.05, 4.69) is 10.6 Å². The number of hydrogen-bond donors (Lipinski definition) is 2. The van der Waals surface area contributed by atoms with Crippen molar-refractivity contribution in [3.8, 4) is 0 Å². The molecule has 0 aliphatic carbocycles. The lowest BCUT2D eigenvalue weighted by molar-refractivity contribution is -0.148. The molecule has 3 aromatic rings. The molecule has 178 valence electrons. The van der Waals surface area contributed by atoms with Crippen molar-refractivity contribution < 1.29 is 28.3 Å². The molecule has 0 saturated carbocycles. The van der Waals surface area contributed by atoms with Gasteiger partial charge in [0, 0.05) is 34.3 Å². The van der Waals surface area contributed by atoms with E-state index < -0.39 is 23.7 Å². The maximum Gasteiger partial charge on any atom is 0.411 e. The largest absolute Gasteiger partial charge is 0.459 e. The van der Waals surface area contributed by atoms with Crippen molar-refractivity contribution in [2.75, 3.05) is 11.9 Å². The van der Waals surface area contributed by atoms with Crippen LogP contribution in [0.15, 0.2) is 63.8 Å². The van der Waals surface area contributed by atoms with E-state index in [9.17, 15) is 19.2 Å². The standard InChI is InChI=1S/C25H26N2O7/c1-4-32-25(31)26-18-10-11-19-17(12-21(28)34-20(19)13-18)14-33-24(30)22(15(2)3)27-23(29)16-8-6-5-7-9-16/h5-13,15,22H,4,14H2,1-3H3,(H,26,31)(H,27,29). The van der Waals surface area contributed by atoms with Gasteiger partial charge >= 0.3 is 17.7 Å². The predicted molar refractivity (Wildman–Crippen MR) is 125 cm³/mol. The number of rotatable bonds is 8. The van der Waals surface area contributed by atoms with Crippen LogP contribution in [0.5, 0.6) is 0 Å². The third kappa shape index (κ3) is 6.22. The summed E-state index contributed by atoms with van der Waals surface area (Å²) in [6.45, 7) is 5.29. The van der Waals surface area contributed by atoms with Gasteiger partial charge in [-0.05, 0) is 37.1 Å². The molecule has 1 unspecified atom stereocenters. The van der Waals surface area contributed by atoms with Crippen LogP contribution in [0.2, 0.25) is 0 Å². The van der Waals surface area contributed by atoms with Gasteiger partial charge in [-0.15, -0.1) is 0 Å². The summed E-state index contributed by atoms with van der Waals surface area (Å²) in [5.74, 6) is -1.24. The van der Waals surface area contributed by atoms with Crippen molar-refractivity contribution in [3.05, 3.63) is 76.1 Å². The third-order valence-electron chi connectivity index (χ3n) is 4.97. The first-order valence-electron chi connectivity index (χ1n) is 10.8. The first-order chi connectivity index (χ1) is 16.3. The molecular formula is C25H26N2O7. The van der Waals surface area contributed by atoms with Crippen molar-refractivity contribution in [1.29, 1.82) is 0 Å². The molecule has 0 radical (unpaired) electrons. The van der Waals surface area contributed by atoms with Gasteiger partial charge < -0.3 is 19.2 Å². The summed E-state index contributed by atoms with van der Waals surface area (Å²) >= 11 is 0. The highest BCUT2D eigenvalue weighted by Crippen LogP contribution is 2.22. The van der Waals surface area contributed by atoms with Gasteiger partial charge in [0.15, 0.2) is 0 Å². The third-order valence-corrected chi connectivity index (χ3v) is 4.97. The van der Waals surface area contributed by atoms with Gasteiger partial charge in [-0.25, -0.2) is 14.4 Å². The number of hydrogen-bond acceptors (Lipinski definition) is 7. The van der Waals surface area contributed by atoms with Crippen LogP contribution >= 0.6 is 0 Å². The lowest BCUT2D eigenvalue weighted by atomic mass is 10.0. The van der Waals surface area contributed by atoms with Gasteiger partial charge in [0.1, 0.15) is 18.2 Å². The predicted octanol–water partition coefficient (Wildman–Crippen LogP) is 3.86. The zero-order chi connectivity index (χ0) is 24.7. The fourth-order valence-electron chi connectivity index (χ4n) is 3.26. The minimum absolute atomic E-state index is 0.198. The van der Waals surface area contributed by atoms with E-state index in [0.29, 0.717) is 22.2 Å². The summed E-state index contributed by atoms with van der Waals surface area (Å²) in [4.78, 5) is 49.0. The molecule has 1 aromatic heterocycles. The van der Waals surface area contributed by atoms with Crippen LogP contribution in [0.25, 0.3) is 11.0 Å². The summed E-state index contributed by atoms with van der Waals surface area (Å²) in [6, 6.07) is 13.7. The minimum atomic E-state index is -0.875. The van der Waals surface area contributed by atoms with Gasteiger partial charge in [0.25, 0.3) is 5.91 Å². The van der Waals surface area contributed by atoms with E-state index in [4.69, 9.17) is 13.9 Å². The van der Waals surface area contributed by atoms with Gasteiger partial charge in [-0.1, -0.05) is 32.0 Å². The molecule has 0 saturated heterocycles. The van der Waals surface area contributed by atoms with Crippen LogP contribution in [0.1, 0.15) is 36.7 Å². The molecule has 2 amide bonds. The van der Waals surface area contributed by atoms with Crippen LogP contribution in [-0.4, -0.2) is 30.6 Å². The highest BCUT2D eigenvalue weighted by molar-refractivity contribution is 5.97. The number of anilines is 1. The van der Waals surface area contributed by atoms with E-state index in [0.717, 1.165) is 0 Å². The maximum atomic E-state index is 12.8. The Morgan fingerprint density at radius 1 is 1.00 bits per heavy atom. The Bertz CT molecular complexity index is 1230. The highest BCUT2D eigenvalue weighted by atomic mass is 16.5. The second-order valence-electron chi connectivity index (χ2n) is 7.82. The average molecular weight is 466 g/mol. The van der Waals surface area contributed by atoms with Gasteiger partial charge in [0.2, 0.25) is 0 Å². The first-order valence-corrected chi connectivity index (χ1v) is 10.8. The van der Waals surface area contributed by atoms with E-state index in [1.54, 1.807) is 63.2 Å². The molecule has 2 aromatic carbocycles. The Hall–Kier alpha value is -4.14. The SMILES string of the molecule is CCOC(=O)Nc1ccc2c(COC(=O)C(NC(=O)c3ccccc3)C(C)C)cc(=O)oc2c1. The summed E-state index contributed by atoms with van der Waals surface area (Å²) in [5, 5.41) is 5.78. The molecule has 2 N–H and O–H groups in total. The lowest BCUT2D eigenvalue weighted by Crippen LogP contribution is -2.45. The Kier molecular flexibility index (Phi) is 8.02. The number of carbonyl (C=O) groups is 3. The van der Waals surface area contributed by atoms with E-state index in [1.165, 1.54) is 12.1 Å². The van der Waals surface area contributed by atoms with E-state index in [-0.39, 0.29) is 30.6 Å². The molecule has 0 aliphatic rings. The second-order valence-corrected chi connectivity index (χ2v) is 7.82. The smallest absolute Gasteiger partial charge is 0.411 e. The van der Waals surface area contributed by atoms with Crippen molar-refractivity contribution in [2.45, 2.75) is 33.4 Å². The zero-order valence-corrected chi connectivity index (χ0v) is 19.1. The van der Waals surface area contributed by atoms with Crippen LogP contribution in [0.4, 0.5) is 10.5 Å². The number of amides is 2. The Morgan fingerprint density at radius 2 is 1.74 bits per heavy atom. The fraction of sp³-hybridized carbons (Fsp3) is 0.280. The van der Waals surface area contributed by atoms with Crippen molar-refractivity contribution in [2.24, 2.45) is 5.92 Å². The van der Waals surface area contributed by atoms with Crippen molar-refractivity contribution in [3.63, 3.8) is 0 Å². The van der Waals surface area contributed by atoms with Crippen LogP contribution in [0.3, 0.4) is 0 Å². The number of ether oxygens (including phenoxy) is 2. The molecule has 34 heavy (non-hydrogen) atoms. The normalized spacial score (nSPS) is 11.6. The first kappa shape index (κ1) is 24.5. The fourth-order valence-corrected chi connectivity index (χ4v) is 3.26. The summed E-state index contributed by atoms with van der Waals surface area (Å²) in [7, 11) is 0. The van der Waals surface area contributed by atoms with Gasteiger partial charge in [0.05, 0.1) is 6.61 Å². The summed E-state index contributed by atoms with van der Waals surface area (Å²) < 4.78 is 15.5. The highest BCUT2D eigenvalue weighted by Gasteiger charge is 2.26. The number of carbonyl (C=O) groups excluding carboxylic acids is 3. The van der Waals surface area contributed by atoms with Crippen LogP contribution in [-0.2, 0) is 20.9 Å². The summed E-state index contributed by atoms with van der Waals surface area (Å²) in [6.07, 6.45) is -0.633.